The summed E-state index contributed by atoms with van der Waals surface area (Å²) >= 11 is 0. The van der Waals surface area contributed by atoms with Crippen LogP contribution in [0.1, 0.15) is 0 Å². The van der Waals surface area contributed by atoms with E-state index in [0.717, 1.165) is 22.7 Å². The Kier molecular flexibility index (Phi) is 7.53. The lowest BCUT2D eigenvalue weighted by molar-refractivity contribution is 1.18. The fourth-order valence-electron chi connectivity index (χ4n) is 7.20. The molecule has 2 nitrogen and oxygen atoms in total. The highest BCUT2D eigenvalue weighted by Crippen LogP contribution is 2.43. The van der Waals surface area contributed by atoms with Crippen molar-refractivity contribution in [1.29, 1.82) is 0 Å². The van der Waals surface area contributed by atoms with Gasteiger partial charge in [0.2, 0.25) is 0 Å². The van der Waals surface area contributed by atoms with Crippen molar-refractivity contribution in [2.75, 3.05) is 4.90 Å². The molecule has 0 spiro atoms. The first kappa shape index (κ1) is 29.5. The largest absolute Gasteiger partial charge is 0.310 e. The number of hydrogen-bond acceptors (Lipinski definition) is 1. The van der Waals surface area contributed by atoms with Crippen molar-refractivity contribution < 1.29 is 0 Å². The van der Waals surface area contributed by atoms with Gasteiger partial charge in [0.1, 0.15) is 0 Å². The van der Waals surface area contributed by atoms with Crippen molar-refractivity contribution in [1.82, 2.24) is 4.57 Å². The first-order valence-electron chi connectivity index (χ1n) is 17.1. The fraction of sp³-hybridized carbons (Fsp3) is 0. The van der Waals surface area contributed by atoms with Crippen LogP contribution in [-0.4, -0.2) is 4.57 Å². The van der Waals surface area contributed by atoms with E-state index >= 15 is 0 Å². The van der Waals surface area contributed by atoms with Crippen molar-refractivity contribution in [2.24, 2.45) is 0 Å². The van der Waals surface area contributed by atoms with E-state index in [1.54, 1.807) is 0 Å². The van der Waals surface area contributed by atoms with Crippen molar-refractivity contribution in [2.45, 2.75) is 0 Å². The lowest BCUT2D eigenvalue weighted by atomic mass is 9.98. The summed E-state index contributed by atoms with van der Waals surface area (Å²) in [7, 11) is 0. The number of nitrogens with zero attached hydrogens (tertiary/aromatic N) is 2. The van der Waals surface area contributed by atoms with E-state index in [1.165, 1.54) is 55.2 Å². The first-order chi connectivity index (χ1) is 24.8. The Morgan fingerprint density at radius 1 is 0.320 bits per heavy atom. The standard InChI is InChI=1S/C48H34N2/c1-4-14-35(15-5-1)36-24-26-37(27-25-36)38-28-31-42(32-29-38)49(40-16-6-2-7-17-40)46-22-12-10-20-43(46)39-30-33-48-45(34-39)44-21-11-13-23-47(44)50(48)41-18-8-3-9-19-41/h1-34H. The minimum atomic E-state index is 1.11. The molecule has 0 unspecified atom stereocenters. The van der Waals surface area contributed by atoms with Gasteiger partial charge in [0.05, 0.1) is 16.7 Å². The van der Waals surface area contributed by atoms with Crippen molar-refractivity contribution in [3.63, 3.8) is 0 Å². The van der Waals surface area contributed by atoms with Crippen LogP contribution in [0.2, 0.25) is 0 Å². The predicted molar refractivity (Wildman–Crippen MR) is 212 cm³/mol. The van der Waals surface area contributed by atoms with Crippen LogP contribution in [0.15, 0.2) is 206 Å². The Morgan fingerprint density at radius 3 is 1.50 bits per heavy atom. The van der Waals surface area contributed by atoms with Gasteiger partial charge in [-0.1, -0.05) is 146 Å². The quantitative estimate of drug-likeness (QED) is 0.169. The molecule has 0 fully saturated rings. The van der Waals surface area contributed by atoms with E-state index < -0.39 is 0 Å². The van der Waals surface area contributed by atoms with E-state index in [-0.39, 0.29) is 0 Å². The Hall–Kier alpha value is -6.64. The van der Waals surface area contributed by atoms with Gasteiger partial charge in [0, 0.05) is 33.4 Å². The summed E-state index contributed by atoms with van der Waals surface area (Å²) < 4.78 is 2.37. The van der Waals surface area contributed by atoms with E-state index in [2.05, 4.69) is 216 Å². The summed E-state index contributed by atoms with van der Waals surface area (Å²) in [5.41, 5.74) is 14.1. The molecule has 9 rings (SSSR count). The summed E-state index contributed by atoms with van der Waals surface area (Å²) in [5.74, 6) is 0. The molecule has 0 amide bonds. The summed E-state index contributed by atoms with van der Waals surface area (Å²) in [4.78, 5) is 2.37. The summed E-state index contributed by atoms with van der Waals surface area (Å²) in [6.45, 7) is 0. The molecule has 0 radical (unpaired) electrons. The molecule has 0 saturated heterocycles. The third kappa shape index (κ3) is 5.34. The highest BCUT2D eigenvalue weighted by molar-refractivity contribution is 6.11. The maximum Gasteiger partial charge on any atom is 0.0541 e. The Labute approximate surface area is 292 Å². The number of anilines is 3. The molecule has 0 atom stereocenters. The molecule has 9 aromatic rings. The zero-order chi connectivity index (χ0) is 33.3. The molecule has 8 aromatic carbocycles. The second-order valence-corrected chi connectivity index (χ2v) is 12.6. The van der Waals surface area contributed by atoms with Crippen LogP contribution in [0.5, 0.6) is 0 Å². The van der Waals surface area contributed by atoms with Crippen molar-refractivity contribution >= 4 is 38.9 Å². The molecule has 0 aliphatic carbocycles. The van der Waals surface area contributed by atoms with Gasteiger partial charge in [-0.25, -0.2) is 0 Å². The van der Waals surface area contributed by atoms with Gasteiger partial charge in [-0.2, -0.15) is 0 Å². The maximum absolute atomic E-state index is 2.37. The molecule has 0 N–H and O–H groups in total. The molecular weight excluding hydrogens is 605 g/mol. The minimum absolute atomic E-state index is 1.11. The average molecular weight is 639 g/mol. The average Bonchev–Trinajstić information content (AvgIpc) is 3.53. The lowest BCUT2D eigenvalue weighted by Gasteiger charge is -2.28. The number of para-hydroxylation sites is 4. The van der Waals surface area contributed by atoms with Gasteiger partial charge >= 0.3 is 0 Å². The second kappa shape index (κ2) is 12.8. The Balaban J connectivity index is 1.13. The highest BCUT2D eigenvalue weighted by atomic mass is 15.1. The predicted octanol–water partition coefficient (Wildman–Crippen LogP) is 13.3. The lowest BCUT2D eigenvalue weighted by Crippen LogP contribution is -2.11. The number of rotatable bonds is 7. The highest BCUT2D eigenvalue weighted by Gasteiger charge is 2.19. The van der Waals surface area contributed by atoms with E-state index in [1.807, 2.05) is 0 Å². The number of aromatic nitrogens is 1. The molecule has 236 valence electrons. The molecule has 0 aliphatic heterocycles. The van der Waals surface area contributed by atoms with Crippen LogP contribution in [-0.2, 0) is 0 Å². The van der Waals surface area contributed by atoms with Crippen LogP contribution in [0.4, 0.5) is 17.1 Å². The maximum atomic E-state index is 2.37. The zero-order valence-corrected chi connectivity index (χ0v) is 27.5. The molecular formula is C48H34N2. The van der Waals surface area contributed by atoms with Crippen molar-refractivity contribution in [3.05, 3.63) is 206 Å². The van der Waals surface area contributed by atoms with Crippen LogP contribution in [0, 0.1) is 0 Å². The summed E-state index contributed by atoms with van der Waals surface area (Å²) in [6, 6.07) is 74.0. The number of hydrogen-bond donors (Lipinski definition) is 0. The molecule has 50 heavy (non-hydrogen) atoms. The number of benzene rings is 8. The van der Waals surface area contributed by atoms with E-state index in [9.17, 15) is 0 Å². The van der Waals surface area contributed by atoms with E-state index in [0.29, 0.717) is 0 Å². The molecule has 0 aliphatic rings. The Morgan fingerprint density at radius 2 is 0.800 bits per heavy atom. The second-order valence-electron chi connectivity index (χ2n) is 12.6. The zero-order valence-electron chi connectivity index (χ0n) is 27.5. The number of fused-ring (bicyclic) bond motifs is 3. The normalized spacial score (nSPS) is 11.2. The van der Waals surface area contributed by atoms with Gasteiger partial charge in [0.15, 0.2) is 0 Å². The van der Waals surface area contributed by atoms with Gasteiger partial charge in [0.25, 0.3) is 0 Å². The van der Waals surface area contributed by atoms with Gasteiger partial charge in [-0.15, -0.1) is 0 Å². The summed E-state index contributed by atoms with van der Waals surface area (Å²) in [5, 5.41) is 2.49. The monoisotopic (exact) mass is 638 g/mol. The van der Waals surface area contributed by atoms with Gasteiger partial charge in [-0.3, -0.25) is 0 Å². The molecule has 0 bridgehead atoms. The summed E-state index contributed by atoms with van der Waals surface area (Å²) in [6.07, 6.45) is 0. The van der Waals surface area contributed by atoms with E-state index in [4.69, 9.17) is 0 Å². The molecule has 0 saturated carbocycles. The van der Waals surface area contributed by atoms with Crippen molar-refractivity contribution in [3.8, 4) is 39.1 Å². The molecule has 2 heteroatoms. The van der Waals surface area contributed by atoms with Gasteiger partial charge in [-0.05, 0) is 88.5 Å². The van der Waals surface area contributed by atoms with Crippen LogP contribution in [0.3, 0.4) is 0 Å². The topological polar surface area (TPSA) is 8.17 Å². The minimum Gasteiger partial charge on any atom is -0.310 e. The molecule has 1 heterocycles. The SMILES string of the molecule is c1ccc(-c2ccc(-c3ccc(N(c4ccccc4)c4ccccc4-c4ccc5c(c4)c4ccccc4n5-c4ccccc4)cc3)cc2)cc1. The van der Waals surface area contributed by atoms with Crippen LogP contribution in [0.25, 0.3) is 60.9 Å². The van der Waals surface area contributed by atoms with Crippen LogP contribution >= 0.6 is 0 Å². The Bertz CT molecular complexity index is 2550. The third-order valence-corrected chi connectivity index (χ3v) is 9.61. The smallest absolute Gasteiger partial charge is 0.0541 e. The van der Waals surface area contributed by atoms with Crippen LogP contribution < -0.4 is 4.90 Å². The van der Waals surface area contributed by atoms with Gasteiger partial charge < -0.3 is 9.47 Å². The first-order valence-corrected chi connectivity index (χ1v) is 17.1. The third-order valence-electron chi connectivity index (χ3n) is 9.61. The fourth-order valence-corrected chi connectivity index (χ4v) is 7.20. The molecule has 1 aromatic heterocycles.